The molecule has 4 nitrogen and oxygen atoms in total. The summed E-state index contributed by atoms with van der Waals surface area (Å²) in [5, 5.41) is 9.21. The first-order chi connectivity index (χ1) is 28.8. The lowest BCUT2D eigenvalue weighted by molar-refractivity contribution is 0.669. The van der Waals surface area contributed by atoms with E-state index in [1.807, 2.05) is 6.07 Å². The van der Waals surface area contributed by atoms with Crippen LogP contribution in [0.3, 0.4) is 0 Å². The van der Waals surface area contributed by atoms with Gasteiger partial charge in [-0.2, -0.15) is 0 Å². The zero-order valence-corrected chi connectivity index (χ0v) is 31.2. The molecule has 4 aromatic heterocycles. The summed E-state index contributed by atoms with van der Waals surface area (Å²) < 4.78 is 18.0. The molecule has 58 heavy (non-hydrogen) atoms. The van der Waals surface area contributed by atoms with Gasteiger partial charge in [-0.05, 0) is 89.5 Å². The highest BCUT2D eigenvalue weighted by molar-refractivity contribution is 6.24. The summed E-state index contributed by atoms with van der Waals surface area (Å²) >= 11 is 0. The molecular formula is C54H32N2O2. The molecule has 0 aliphatic rings. The third-order valence-corrected chi connectivity index (χ3v) is 12.1. The van der Waals surface area contributed by atoms with E-state index < -0.39 is 0 Å². The first-order valence-electron chi connectivity index (χ1n) is 19.8. The summed E-state index contributed by atoms with van der Waals surface area (Å²) in [6, 6.07) is 69.4. The minimum absolute atomic E-state index is 0.869. The maximum absolute atomic E-state index is 6.63. The average molecular weight is 741 g/mol. The molecule has 0 aliphatic carbocycles. The van der Waals surface area contributed by atoms with Crippen molar-refractivity contribution in [3.05, 3.63) is 194 Å². The number of fused-ring (bicyclic) bond motifs is 13. The van der Waals surface area contributed by atoms with Gasteiger partial charge in [0.25, 0.3) is 0 Å². The van der Waals surface area contributed by atoms with E-state index in [4.69, 9.17) is 8.83 Å². The number of para-hydroxylation sites is 5. The van der Waals surface area contributed by atoms with Gasteiger partial charge in [0, 0.05) is 54.6 Å². The van der Waals surface area contributed by atoms with Crippen LogP contribution in [0, 0.1) is 0 Å². The Morgan fingerprint density at radius 2 is 0.948 bits per heavy atom. The molecule has 270 valence electrons. The van der Waals surface area contributed by atoms with E-state index in [2.05, 4.69) is 197 Å². The first-order valence-corrected chi connectivity index (χ1v) is 19.8. The Bertz CT molecular complexity index is 3790. The molecule has 0 radical (unpaired) electrons. The maximum atomic E-state index is 6.63. The molecule has 0 spiro atoms. The van der Waals surface area contributed by atoms with Gasteiger partial charge in [0.05, 0.1) is 27.5 Å². The van der Waals surface area contributed by atoms with Crippen LogP contribution >= 0.6 is 0 Å². The van der Waals surface area contributed by atoms with Gasteiger partial charge in [0.1, 0.15) is 22.3 Å². The minimum Gasteiger partial charge on any atom is -0.456 e. The van der Waals surface area contributed by atoms with E-state index in [9.17, 15) is 0 Å². The van der Waals surface area contributed by atoms with E-state index in [0.717, 1.165) is 93.7 Å². The van der Waals surface area contributed by atoms with E-state index in [1.165, 1.54) is 27.4 Å². The molecule has 0 N–H and O–H groups in total. The number of aromatic nitrogens is 2. The van der Waals surface area contributed by atoms with Crippen LogP contribution in [0.15, 0.2) is 203 Å². The number of benzene rings is 9. The summed E-state index contributed by atoms with van der Waals surface area (Å²) in [5.74, 6) is 0. The lowest BCUT2D eigenvalue weighted by atomic mass is 9.96. The van der Waals surface area contributed by atoms with Crippen molar-refractivity contribution in [1.82, 2.24) is 9.13 Å². The molecule has 9 aromatic carbocycles. The Kier molecular flexibility index (Phi) is 6.41. The van der Waals surface area contributed by atoms with Crippen LogP contribution < -0.4 is 0 Å². The number of hydrogen-bond donors (Lipinski definition) is 0. The van der Waals surface area contributed by atoms with Crippen molar-refractivity contribution in [2.45, 2.75) is 0 Å². The summed E-state index contributed by atoms with van der Waals surface area (Å²) in [7, 11) is 0. The standard InChI is InChI=1S/C54H32N2O2/c1-3-13-35(14-4-1)55-46-29-28-42-40-18-8-10-23-48(40)58-54(42)52(46)43-27-25-34(32-47(43)55)37-19-12-24-50-51(37)44-31-33(26-30-49(44)57-50)38-20-11-21-41-39-17-7-9-22-45(39)56(53(38)41)36-15-5-2-6-16-36/h1-32H. The van der Waals surface area contributed by atoms with Crippen LogP contribution in [0.4, 0.5) is 0 Å². The summed E-state index contributed by atoms with van der Waals surface area (Å²) in [6.45, 7) is 0. The number of furan rings is 2. The fourth-order valence-corrected chi connectivity index (χ4v) is 9.64. The van der Waals surface area contributed by atoms with Crippen molar-refractivity contribution < 1.29 is 8.83 Å². The lowest BCUT2D eigenvalue weighted by Crippen LogP contribution is -1.95. The van der Waals surface area contributed by atoms with Crippen LogP contribution in [0.2, 0.25) is 0 Å². The second kappa shape index (κ2) is 11.8. The molecule has 0 bridgehead atoms. The van der Waals surface area contributed by atoms with E-state index in [0.29, 0.717) is 0 Å². The molecule has 0 amide bonds. The molecule has 0 atom stereocenters. The SMILES string of the molecule is c1ccc(-n2c3cc(-c4cccc5oc6ccc(-c7cccc8c9ccccc9n(-c9ccccc9)c78)cc6c45)ccc3c3c4oc5ccccc5c4ccc32)cc1. The summed E-state index contributed by atoms with van der Waals surface area (Å²) in [4.78, 5) is 0. The van der Waals surface area contributed by atoms with Gasteiger partial charge in [-0.25, -0.2) is 0 Å². The van der Waals surface area contributed by atoms with Crippen LogP contribution in [0.25, 0.3) is 121 Å². The lowest BCUT2D eigenvalue weighted by Gasteiger charge is -2.12. The zero-order chi connectivity index (χ0) is 37.9. The number of nitrogens with zero attached hydrogens (tertiary/aromatic N) is 2. The molecule has 4 heteroatoms. The van der Waals surface area contributed by atoms with Gasteiger partial charge in [-0.15, -0.1) is 0 Å². The van der Waals surface area contributed by atoms with Gasteiger partial charge in [0.2, 0.25) is 0 Å². The Hall–Kier alpha value is -7.82. The zero-order valence-electron chi connectivity index (χ0n) is 31.2. The predicted molar refractivity (Wildman–Crippen MR) is 241 cm³/mol. The van der Waals surface area contributed by atoms with Gasteiger partial charge in [0.15, 0.2) is 0 Å². The van der Waals surface area contributed by atoms with Gasteiger partial charge in [-0.1, -0.05) is 121 Å². The van der Waals surface area contributed by atoms with Crippen LogP contribution in [-0.2, 0) is 0 Å². The molecule has 13 aromatic rings. The highest BCUT2D eigenvalue weighted by Crippen LogP contribution is 2.45. The smallest absolute Gasteiger partial charge is 0.145 e. The van der Waals surface area contributed by atoms with Crippen molar-refractivity contribution in [1.29, 1.82) is 0 Å². The van der Waals surface area contributed by atoms with Crippen molar-refractivity contribution in [2.75, 3.05) is 0 Å². The van der Waals surface area contributed by atoms with Crippen molar-refractivity contribution in [3.63, 3.8) is 0 Å². The fourth-order valence-electron chi connectivity index (χ4n) is 9.64. The summed E-state index contributed by atoms with van der Waals surface area (Å²) in [6.07, 6.45) is 0. The molecule has 13 rings (SSSR count). The molecule has 0 unspecified atom stereocenters. The number of rotatable bonds is 4. The van der Waals surface area contributed by atoms with E-state index >= 15 is 0 Å². The van der Waals surface area contributed by atoms with E-state index in [1.54, 1.807) is 0 Å². The highest BCUT2D eigenvalue weighted by Gasteiger charge is 2.22. The normalized spacial score (nSPS) is 12.1. The Labute approximate surface area is 332 Å². The predicted octanol–water partition coefficient (Wildman–Crippen LogP) is 15.0. The molecule has 0 saturated heterocycles. The van der Waals surface area contributed by atoms with Crippen LogP contribution in [-0.4, -0.2) is 9.13 Å². The fraction of sp³-hybridized carbons (Fsp3) is 0. The van der Waals surface area contributed by atoms with Crippen molar-refractivity contribution in [2.24, 2.45) is 0 Å². The molecule has 0 aliphatic heterocycles. The largest absolute Gasteiger partial charge is 0.456 e. The second-order valence-electron chi connectivity index (χ2n) is 15.2. The van der Waals surface area contributed by atoms with Crippen LogP contribution in [0.1, 0.15) is 0 Å². The quantitative estimate of drug-likeness (QED) is 0.180. The Morgan fingerprint density at radius 1 is 0.310 bits per heavy atom. The second-order valence-corrected chi connectivity index (χ2v) is 15.2. The molecule has 4 heterocycles. The van der Waals surface area contributed by atoms with Gasteiger partial charge < -0.3 is 18.0 Å². The molecular weight excluding hydrogens is 709 g/mol. The topological polar surface area (TPSA) is 36.1 Å². The monoisotopic (exact) mass is 740 g/mol. The van der Waals surface area contributed by atoms with Gasteiger partial charge in [-0.3, -0.25) is 0 Å². The Morgan fingerprint density at radius 3 is 1.81 bits per heavy atom. The molecule has 0 fully saturated rings. The van der Waals surface area contributed by atoms with Crippen molar-refractivity contribution >= 4 is 87.5 Å². The molecule has 0 saturated carbocycles. The summed E-state index contributed by atoms with van der Waals surface area (Å²) in [5.41, 5.74) is 15.0. The minimum atomic E-state index is 0.869. The van der Waals surface area contributed by atoms with E-state index in [-0.39, 0.29) is 0 Å². The third kappa shape index (κ3) is 4.34. The van der Waals surface area contributed by atoms with Crippen LogP contribution in [0.5, 0.6) is 0 Å². The Balaban J connectivity index is 1.06. The highest BCUT2D eigenvalue weighted by atomic mass is 16.3. The van der Waals surface area contributed by atoms with Gasteiger partial charge >= 0.3 is 0 Å². The average Bonchev–Trinajstić information content (AvgIpc) is 4.04. The third-order valence-electron chi connectivity index (χ3n) is 12.1. The first kappa shape index (κ1) is 31.4. The number of hydrogen-bond acceptors (Lipinski definition) is 2. The maximum Gasteiger partial charge on any atom is 0.145 e. The van der Waals surface area contributed by atoms with Crippen molar-refractivity contribution in [3.8, 4) is 33.6 Å².